The third-order valence-corrected chi connectivity index (χ3v) is 3.32. The van der Waals surface area contributed by atoms with Crippen LogP contribution in [0, 0.1) is 0 Å². The Hall–Kier alpha value is -2.01. The van der Waals surface area contributed by atoms with Gasteiger partial charge in [0.2, 0.25) is 0 Å². The number of thiophene rings is 1. The first-order valence-corrected chi connectivity index (χ1v) is 5.89. The molecule has 0 aliphatic rings. The third kappa shape index (κ3) is 2.57. The quantitative estimate of drug-likeness (QED) is 0.726. The van der Waals surface area contributed by atoms with Crippen LogP contribution in [0.4, 0.5) is 11.4 Å². The molecule has 4 nitrogen and oxygen atoms in total. The van der Waals surface area contributed by atoms with E-state index in [1.165, 1.54) is 11.3 Å². The number of anilines is 2. The number of hydrogen-bond donors (Lipinski definition) is 3. The van der Waals surface area contributed by atoms with Crippen molar-refractivity contribution in [3.63, 3.8) is 0 Å². The molecule has 0 saturated carbocycles. The summed E-state index contributed by atoms with van der Waals surface area (Å²) in [6.07, 6.45) is 0.528. The minimum Gasteiger partial charge on any atom is -0.477 e. The lowest BCUT2D eigenvalue weighted by molar-refractivity contribution is 0.0701. The largest absolute Gasteiger partial charge is 0.477 e. The summed E-state index contributed by atoms with van der Waals surface area (Å²) in [6.45, 7) is 0. The molecule has 0 fully saturated rings. The van der Waals surface area contributed by atoms with Crippen molar-refractivity contribution in [1.82, 2.24) is 0 Å². The molecular weight excluding hydrogens is 236 g/mol. The summed E-state index contributed by atoms with van der Waals surface area (Å²) in [5.41, 5.74) is 14.3. The van der Waals surface area contributed by atoms with E-state index in [-0.39, 0.29) is 0 Å². The summed E-state index contributed by atoms with van der Waals surface area (Å²) < 4.78 is 0. The van der Waals surface area contributed by atoms with E-state index in [1.807, 2.05) is 6.07 Å². The fourth-order valence-electron chi connectivity index (χ4n) is 1.73. The van der Waals surface area contributed by atoms with Crippen LogP contribution in [-0.2, 0) is 6.42 Å². The number of aromatic carboxylic acids is 1. The van der Waals surface area contributed by atoms with Gasteiger partial charge in [-0.2, -0.15) is 0 Å². The number of hydrogen-bond acceptors (Lipinski definition) is 4. The van der Waals surface area contributed by atoms with Crippen LogP contribution in [0.5, 0.6) is 0 Å². The summed E-state index contributed by atoms with van der Waals surface area (Å²) in [5.74, 6) is -0.896. The predicted octanol–water partition coefficient (Wildman–Crippen LogP) is 2.20. The fourth-order valence-corrected chi connectivity index (χ4v) is 2.49. The van der Waals surface area contributed by atoms with Gasteiger partial charge in [0.15, 0.2) is 0 Å². The topological polar surface area (TPSA) is 89.3 Å². The van der Waals surface area contributed by atoms with E-state index < -0.39 is 5.97 Å². The second-order valence-corrected chi connectivity index (χ2v) is 4.68. The molecule has 0 spiro atoms. The molecular formula is C12H12N2O2S. The van der Waals surface area contributed by atoms with Crippen molar-refractivity contribution in [1.29, 1.82) is 0 Å². The van der Waals surface area contributed by atoms with Crippen LogP contribution in [0.3, 0.4) is 0 Å². The number of nitrogen functional groups attached to an aromatic ring is 2. The molecule has 0 bridgehead atoms. The van der Waals surface area contributed by atoms with Crippen molar-refractivity contribution in [2.75, 3.05) is 11.5 Å². The molecule has 0 saturated heterocycles. The Morgan fingerprint density at radius 2 is 1.88 bits per heavy atom. The summed E-state index contributed by atoms with van der Waals surface area (Å²) >= 11 is 1.22. The smallest absolute Gasteiger partial charge is 0.346 e. The SMILES string of the molecule is Nc1cc(N)cc(Cc2ccsc2C(=O)O)c1. The summed E-state index contributed by atoms with van der Waals surface area (Å²) in [4.78, 5) is 11.3. The third-order valence-electron chi connectivity index (χ3n) is 2.37. The van der Waals surface area contributed by atoms with E-state index in [9.17, 15) is 4.79 Å². The molecule has 0 amide bonds. The lowest BCUT2D eigenvalue weighted by Crippen LogP contribution is -1.99. The molecule has 0 unspecified atom stereocenters. The normalized spacial score (nSPS) is 10.4. The molecule has 0 radical (unpaired) electrons. The standard InChI is InChI=1S/C12H12N2O2S/c13-9-4-7(5-10(14)6-9)3-8-1-2-17-11(8)12(15)16/h1-2,4-6H,3,13-14H2,(H,15,16). The van der Waals surface area contributed by atoms with Crippen molar-refractivity contribution in [2.24, 2.45) is 0 Å². The number of benzene rings is 1. The Morgan fingerprint density at radius 3 is 2.47 bits per heavy atom. The lowest BCUT2D eigenvalue weighted by atomic mass is 10.0. The lowest BCUT2D eigenvalue weighted by Gasteiger charge is -2.04. The van der Waals surface area contributed by atoms with Gasteiger partial charge in [0.05, 0.1) is 0 Å². The van der Waals surface area contributed by atoms with Gasteiger partial charge in [0.25, 0.3) is 0 Å². The van der Waals surface area contributed by atoms with Crippen molar-refractivity contribution >= 4 is 28.7 Å². The van der Waals surface area contributed by atoms with Crippen LogP contribution < -0.4 is 11.5 Å². The first-order valence-electron chi connectivity index (χ1n) is 5.01. The van der Waals surface area contributed by atoms with Crippen LogP contribution in [0.1, 0.15) is 20.8 Å². The number of carboxylic acids is 1. The molecule has 0 atom stereocenters. The molecule has 0 aliphatic carbocycles. The summed E-state index contributed by atoms with van der Waals surface area (Å²) in [7, 11) is 0. The highest BCUT2D eigenvalue weighted by Crippen LogP contribution is 2.22. The maximum absolute atomic E-state index is 11.0. The van der Waals surface area contributed by atoms with Gasteiger partial charge < -0.3 is 16.6 Å². The van der Waals surface area contributed by atoms with Gasteiger partial charge in [0, 0.05) is 11.4 Å². The van der Waals surface area contributed by atoms with Crippen molar-refractivity contribution < 1.29 is 9.90 Å². The number of rotatable bonds is 3. The van der Waals surface area contributed by atoms with Crippen molar-refractivity contribution in [3.05, 3.63) is 45.6 Å². The fraction of sp³-hybridized carbons (Fsp3) is 0.0833. The summed E-state index contributed by atoms with van der Waals surface area (Å²) in [6, 6.07) is 7.10. The van der Waals surface area contributed by atoms with E-state index in [4.69, 9.17) is 16.6 Å². The van der Waals surface area contributed by atoms with Crippen LogP contribution in [0.2, 0.25) is 0 Å². The average molecular weight is 248 g/mol. The van der Waals surface area contributed by atoms with Gasteiger partial charge in [-0.3, -0.25) is 0 Å². The van der Waals surface area contributed by atoms with Gasteiger partial charge in [-0.05, 0) is 47.2 Å². The highest BCUT2D eigenvalue weighted by Gasteiger charge is 2.12. The zero-order valence-corrected chi connectivity index (χ0v) is 9.83. The Labute approximate surface area is 102 Å². The van der Waals surface area contributed by atoms with Crippen LogP contribution in [0.25, 0.3) is 0 Å². The molecule has 2 rings (SSSR count). The van der Waals surface area contributed by atoms with E-state index in [2.05, 4.69) is 0 Å². The minimum absolute atomic E-state index is 0.367. The zero-order valence-electron chi connectivity index (χ0n) is 9.01. The molecule has 2 aromatic rings. The average Bonchev–Trinajstić information content (AvgIpc) is 2.63. The molecule has 5 heteroatoms. The highest BCUT2D eigenvalue weighted by atomic mass is 32.1. The Morgan fingerprint density at radius 1 is 1.24 bits per heavy atom. The van der Waals surface area contributed by atoms with E-state index >= 15 is 0 Å². The first-order chi connectivity index (χ1) is 8.06. The van der Waals surface area contributed by atoms with Gasteiger partial charge in [0.1, 0.15) is 4.88 Å². The minimum atomic E-state index is -0.896. The highest BCUT2D eigenvalue weighted by molar-refractivity contribution is 7.12. The number of carbonyl (C=O) groups is 1. The van der Waals surface area contributed by atoms with Gasteiger partial charge in [-0.15, -0.1) is 11.3 Å². The molecule has 5 N–H and O–H groups in total. The van der Waals surface area contributed by atoms with E-state index in [1.54, 1.807) is 23.6 Å². The summed E-state index contributed by atoms with van der Waals surface area (Å²) in [5, 5.41) is 10.8. The Kier molecular flexibility index (Phi) is 3.01. The van der Waals surface area contributed by atoms with Crippen LogP contribution in [-0.4, -0.2) is 11.1 Å². The maximum atomic E-state index is 11.0. The molecule has 88 valence electrons. The second-order valence-electron chi connectivity index (χ2n) is 3.76. The van der Waals surface area contributed by atoms with E-state index in [0.29, 0.717) is 22.7 Å². The van der Waals surface area contributed by atoms with Gasteiger partial charge in [-0.25, -0.2) is 4.79 Å². The Bertz CT molecular complexity index is 543. The van der Waals surface area contributed by atoms with E-state index in [0.717, 1.165) is 11.1 Å². The first kappa shape index (κ1) is 11.5. The van der Waals surface area contributed by atoms with Crippen molar-refractivity contribution in [3.8, 4) is 0 Å². The molecule has 1 aromatic heterocycles. The zero-order chi connectivity index (χ0) is 12.4. The molecule has 1 aromatic carbocycles. The maximum Gasteiger partial charge on any atom is 0.346 e. The number of carboxylic acid groups (broad SMARTS) is 1. The van der Waals surface area contributed by atoms with Gasteiger partial charge in [-0.1, -0.05) is 0 Å². The van der Waals surface area contributed by atoms with Crippen LogP contribution >= 0.6 is 11.3 Å². The number of nitrogens with two attached hydrogens (primary N) is 2. The monoisotopic (exact) mass is 248 g/mol. The molecule has 1 heterocycles. The van der Waals surface area contributed by atoms with Crippen LogP contribution in [0.15, 0.2) is 29.6 Å². The van der Waals surface area contributed by atoms with Crippen molar-refractivity contribution in [2.45, 2.75) is 6.42 Å². The van der Waals surface area contributed by atoms with Gasteiger partial charge >= 0.3 is 5.97 Å². The molecule has 0 aliphatic heterocycles. The predicted molar refractivity (Wildman–Crippen MR) is 69.4 cm³/mol. The Balaban J connectivity index is 2.31. The second kappa shape index (κ2) is 4.47. The molecule has 17 heavy (non-hydrogen) atoms.